The van der Waals surface area contributed by atoms with Crippen molar-refractivity contribution in [3.63, 3.8) is 0 Å². The summed E-state index contributed by atoms with van der Waals surface area (Å²) in [7, 11) is 0. The van der Waals surface area contributed by atoms with Crippen molar-refractivity contribution in [3.05, 3.63) is 158 Å². The molecule has 0 aliphatic heterocycles. The summed E-state index contributed by atoms with van der Waals surface area (Å²) in [4.78, 5) is 15.1. The Hall–Kier alpha value is -6.13. The molecule has 0 N–H and O–H groups in total. The van der Waals surface area contributed by atoms with E-state index in [4.69, 9.17) is 15.0 Å². The van der Waals surface area contributed by atoms with Gasteiger partial charge in [0.05, 0.1) is 27.9 Å². The lowest BCUT2D eigenvalue weighted by Gasteiger charge is -2.13. The van der Waals surface area contributed by atoms with Crippen molar-refractivity contribution in [1.29, 1.82) is 0 Å². The van der Waals surface area contributed by atoms with Crippen LogP contribution in [0.2, 0.25) is 0 Å². The molecule has 9 aromatic rings. The van der Waals surface area contributed by atoms with Crippen molar-refractivity contribution in [1.82, 2.24) is 19.5 Å². The molecule has 3 heterocycles. The lowest BCUT2D eigenvalue weighted by molar-refractivity contribution is 1.16. The summed E-state index contributed by atoms with van der Waals surface area (Å²) < 4.78 is 2.38. The standard InChI is InChI=1S/C41H26N4/c1-3-13-27(14-4-1)35-26-36(28-15-5-2-6-16-28)44-41(43-35)29-17-11-18-30(25-29)45-37-23-10-9-21-33(37)38-31-19-7-8-20-32(31)39-34(40(38)45)22-12-24-42-39/h1-26H. The maximum absolute atomic E-state index is 5.11. The van der Waals surface area contributed by atoms with Crippen LogP contribution in [0.25, 0.3) is 83.1 Å². The number of benzene rings is 6. The lowest BCUT2D eigenvalue weighted by Crippen LogP contribution is -1.98. The van der Waals surface area contributed by atoms with Crippen molar-refractivity contribution >= 4 is 43.5 Å². The van der Waals surface area contributed by atoms with Crippen molar-refractivity contribution in [2.75, 3.05) is 0 Å². The van der Waals surface area contributed by atoms with Gasteiger partial charge in [-0.2, -0.15) is 0 Å². The molecule has 0 spiro atoms. The molecule has 9 rings (SSSR count). The molecule has 45 heavy (non-hydrogen) atoms. The van der Waals surface area contributed by atoms with E-state index in [-0.39, 0.29) is 0 Å². The van der Waals surface area contributed by atoms with Crippen molar-refractivity contribution in [3.8, 4) is 39.6 Å². The number of nitrogens with zero attached hydrogens (tertiary/aromatic N) is 4. The highest BCUT2D eigenvalue weighted by molar-refractivity contribution is 6.31. The fourth-order valence-corrected chi connectivity index (χ4v) is 6.63. The normalized spacial score (nSPS) is 11.6. The van der Waals surface area contributed by atoms with Crippen LogP contribution in [-0.2, 0) is 0 Å². The molecule has 4 heteroatoms. The number of pyridine rings is 1. The Morgan fingerprint density at radius 1 is 0.444 bits per heavy atom. The van der Waals surface area contributed by atoms with Crippen LogP contribution < -0.4 is 0 Å². The van der Waals surface area contributed by atoms with Gasteiger partial charge in [0, 0.05) is 50.1 Å². The maximum atomic E-state index is 5.11. The number of fused-ring (bicyclic) bond motifs is 8. The molecule has 0 fully saturated rings. The van der Waals surface area contributed by atoms with E-state index in [0.717, 1.165) is 61.1 Å². The zero-order valence-corrected chi connectivity index (χ0v) is 24.3. The van der Waals surface area contributed by atoms with Gasteiger partial charge in [-0.05, 0) is 41.8 Å². The molecule has 0 aliphatic rings. The first-order chi connectivity index (χ1) is 22.3. The highest BCUT2D eigenvalue weighted by Gasteiger charge is 2.20. The molecule has 0 amide bonds. The first kappa shape index (κ1) is 25.4. The molecule has 0 saturated carbocycles. The van der Waals surface area contributed by atoms with E-state index >= 15 is 0 Å². The van der Waals surface area contributed by atoms with Gasteiger partial charge in [-0.3, -0.25) is 4.98 Å². The van der Waals surface area contributed by atoms with E-state index in [1.165, 1.54) is 16.2 Å². The smallest absolute Gasteiger partial charge is 0.160 e. The van der Waals surface area contributed by atoms with Crippen LogP contribution in [0.15, 0.2) is 158 Å². The summed E-state index contributed by atoms with van der Waals surface area (Å²) in [6.07, 6.45) is 1.88. The van der Waals surface area contributed by atoms with Gasteiger partial charge in [0.1, 0.15) is 0 Å². The molecule has 0 atom stereocenters. The topological polar surface area (TPSA) is 43.6 Å². The van der Waals surface area contributed by atoms with Crippen LogP contribution in [-0.4, -0.2) is 19.5 Å². The van der Waals surface area contributed by atoms with E-state index in [9.17, 15) is 0 Å². The van der Waals surface area contributed by atoms with Gasteiger partial charge < -0.3 is 4.57 Å². The predicted molar refractivity (Wildman–Crippen MR) is 185 cm³/mol. The van der Waals surface area contributed by atoms with Crippen molar-refractivity contribution in [2.45, 2.75) is 0 Å². The lowest BCUT2D eigenvalue weighted by atomic mass is 10.00. The minimum atomic E-state index is 0.690. The summed E-state index contributed by atoms with van der Waals surface area (Å²) in [6.45, 7) is 0. The van der Waals surface area contributed by atoms with Gasteiger partial charge in [-0.1, -0.05) is 115 Å². The Morgan fingerprint density at radius 2 is 1.04 bits per heavy atom. The predicted octanol–water partition coefficient (Wildman–Crippen LogP) is 10.3. The highest BCUT2D eigenvalue weighted by atomic mass is 15.0. The average Bonchev–Trinajstić information content (AvgIpc) is 3.48. The Kier molecular flexibility index (Phi) is 5.78. The van der Waals surface area contributed by atoms with Crippen LogP contribution in [0.4, 0.5) is 0 Å². The number of hydrogen-bond acceptors (Lipinski definition) is 3. The van der Waals surface area contributed by atoms with Crippen LogP contribution in [0.5, 0.6) is 0 Å². The Balaban J connectivity index is 1.33. The second-order valence-electron chi connectivity index (χ2n) is 11.3. The number of aromatic nitrogens is 4. The molecule has 0 unspecified atom stereocenters. The second kappa shape index (κ2) is 10.2. The minimum absolute atomic E-state index is 0.690. The van der Waals surface area contributed by atoms with E-state index in [2.05, 4.69) is 114 Å². The van der Waals surface area contributed by atoms with E-state index in [1.807, 2.05) is 48.7 Å². The van der Waals surface area contributed by atoms with Crippen LogP contribution in [0.3, 0.4) is 0 Å². The van der Waals surface area contributed by atoms with Gasteiger partial charge in [0.25, 0.3) is 0 Å². The molecular formula is C41H26N4. The molecule has 3 aromatic heterocycles. The molecule has 0 radical (unpaired) electrons. The molecular weight excluding hydrogens is 548 g/mol. The Bertz CT molecular complexity index is 2470. The molecule has 0 saturated heterocycles. The van der Waals surface area contributed by atoms with Crippen molar-refractivity contribution < 1.29 is 0 Å². The first-order valence-corrected chi connectivity index (χ1v) is 15.1. The third-order valence-corrected chi connectivity index (χ3v) is 8.62. The van der Waals surface area contributed by atoms with Gasteiger partial charge in [-0.15, -0.1) is 0 Å². The second-order valence-corrected chi connectivity index (χ2v) is 11.3. The average molecular weight is 575 g/mol. The summed E-state index contributed by atoms with van der Waals surface area (Å²) >= 11 is 0. The first-order valence-electron chi connectivity index (χ1n) is 15.1. The summed E-state index contributed by atoms with van der Waals surface area (Å²) in [5.41, 5.74) is 9.22. The fraction of sp³-hybridized carbons (Fsp3) is 0. The third-order valence-electron chi connectivity index (χ3n) is 8.62. The summed E-state index contributed by atoms with van der Waals surface area (Å²) in [6, 6.07) is 52.8. The molecule has 210 valence electrons. The zero-order valence-electron chi connectivity index (χ0n) is 24.3. The fourth-order valence-electron chi connectivity index (χ4n) is 6.63. The largest absolute Gasteiger partial charge is 0.309 e. The van der Waals surface area contributed by atoms with E-state index < -0.39 is 0 Å². The molecule has 0 aliphatic carbocycles. The molecule has 0 bridgehead atoms. The maximum Gasteiger partial charge on any atom is 0.160 e. The number of rotatable bonds is 4. The van der Waals surface area contributed by atoms with Crippen LogP contribution >= 0.6 is 0 Å². The molecule has 6 aromatic carbocycles. The summed E-state index contributed by atoms with van der Waals surface area (Å²) in [5.74, 6) is 0.690. The summed E-state index contributed by atoms with van der Waals surface area (Å²) in [5, 5.41) is 5.95. The van der Waals surface area contributed by atoms with Gasteiger partial charge in [0.2, 0.25) is 0 Å². The Morgan fingerprint density at radius 3 is 1.78 bits per heavy atom. The quantitative estimate of drug-likeness (QED) is 0.196. The van der Waals surface area contributed by atoms with E-state index in [1.54, 1.807) is 0 Å². The monoisotopic (exact) mass is 574 g/mol. The molecule has 4 nitrogen and oxygen atoms in total. The highest BCUT2D eigenvalue weighted by Crippen LogP contribution is 2.42. The number of para-hydroxylation sites is 1. The third kappa shape index (κ3) is 4.11. The van der Waals surface area contributed by atoms with Gasteiger partial charge in [0.15, 0.2) is 5.82 Å². The van der Waals surface area contributed by atoms with Crippen LogP contribution in [0.1, 0.15) is 0 Å². The van der Waals surface area contributed by atoms with Crippen molar-refractivity contribution in [2.24, 2.45) is 0 Å². The SMILES string of the molecule is c1ccc(-c2cc(-c3ccccc3)nc(-c3cccc(-n4c5ccccc5c5c6ccccc6c6ncccc6c54)c3)n2)cc1. The number of hydrogen-bond donors (Lipinski definition) is 0. The minimum Gasteiger partial charge on any atom is -0.309 e. The van der Waals surface area contributed by atoms with Crippen LogP contribution in [0, 0.1) is 0 Å². The van der Waals surface area contributed by atoms with Gasteiger partial charge in [-0.25, -0.2) is 9.97 Å². The van der Waals surface area contributed by atoms with Gasteiger partial charge >= 0.3 is 0 Å². The van der Waals surface area contributed by atoms with E-state index in [0.29, 0.717) is 5.82 Å². The Labute approximate surface area is 259 Å². The zero-order chi connectivity index (χ0) is 29.7.